The maximum Gasteiger partial charge on any atom is 0.0923 e. The van der Waals surface area contributed by atoms with Crippen molar-refractivity contribution in [2.24, 2.45) is 11.7 Å². The van der Waals surface area contributed by atoms with Crippen LogP contribution in [0.1, 0.15) is 6.92 Å². The van der Waals surface area contributed by atoms with Gasteiger partial charge in [0.15, 0.2) is 0 Å². The van der Waals surface area contributed by atoms with E-state index in [-0.39, 0.29) is 0 Å². The minimum atomic E-state index is 0.499. The Hall–Kier alpha value is -1.16. The lowest BCUT2D eigenvalue weighted by Gasteiger charge is -2.25. The fourth-order valence-corrected chi connectivity index (χ4v) is 2.35. The van der Waals surface area contributed by atoms with E-state index in [1.807, 2.05) is 0 Å². The van der Waals surface area contributed by atoms with Crippen LogP contribution in [-0.2, 0) is 0 Å². The molecule has 3 nitrogen and oxygen atoms in total. The largest absolute Gasteiger partial charge is 0.386 e. The highest BCUT2D eigenvalue weighted by Gasteiger charge is 2.16. The van der Waals surface area contributed by atoms with Gasteiger partial charge in [0.2, 0.25) is 0 Å². The van der Waals surface area contributed by atoms with Crippen molar-refractivity contribution >= 4 is 21.6 Å². The normalized spacial score (nSPS) is 18.7. The smallest absolute Gasteiger partial charge is 0.0923 e. The van der Waals surface area contributed by atoms with Crippen molar-refractivity contribution in [3.63, 3.8) is 0 Å². The number of nitrogens with zero attached hydrogens (tertiary/aromatic N) is 1. The lowest BCUT2D eigenvalue weighted by atomic mass is 10.1. The Kier molecular flexibility index (Phi) is 3.94. The van der Waals surface area contributed by atoms with Crippen LogP contribution in [0.5, 0.6) is 0 Å². The van der Waals surface area contributed by atoms with Gasteiger partial charge in [0.05, 0.1) is 5.82 Å². The molecule has 0 aliphatic carbocycles. The molecule has 4 heteroatoms. The van der Waals surface area contributed by atoms with E-state index in [9.17, 15) is 0 Å². The summed E-state index contributed by atoms with van der Waals surface area (Å²) in [6.07, 6.45) is 2.11. The third-order valence-electron chi connectivity index (χ3n) is 3.01. The first kappa shape index (κ1) is 12.3. The maximum atomic E-state index is 5.73. The van der Waals surface area contributed by atoms with Crippen LogP contribution in [0, 0.1) is 5.92 Å². The summed E-state index contributed by atoms with van der Waals surface area (Å²) in [6, 6.07) is 8.44. The first-order valence-electron chi connectivity index (χ1n) is 5.90. The minimum absolute atomic E-state index is 0.499. The van der Waals surface area contributed by atoms with Crippen LogP contribution < -0.4 is 16.0 Å². The molecule has 0 unspecified atom stereocenters. The first-order valence-corrected chi connectivity index (χ1v) is 6.70. The van der Waals surface area contributed by atoms with Gasteiger partial charge in [-0.25, -0.2) is 0 Å². The molecule has 0 aromatic heterocycles. The van der Waals surface area contributed by atoms with Gasteiger partial charge in [-0.05, 0) is 37.3 Å². The second-order valence-corrected chi connectivity index (χ2v) is 5.19. The van der Waals surface area contributed by atoms with E-state index in [2.05, 4.69) is 63.4 Å². The van der Waals surface area contributed by atoms with Crippen molar-refractivity contribution in [1.29, 1.82) is 0 Å². The van der Waals surface area contributed by atoms with Gasteiger partial charge >= 0.3 is 0 Å². The molecule has 1 atom stereocenters. The predicted molar refractivity (Wildman–Crippen MR) is 75.8 cm³/mol. The zero-order chi connectivity index (χ0) is 12.3. The molecule has 0 saturated carbocycles. The lowest BCUT2D eigenvalue weighted by molar-refractivity contribution is 0.624. The Morgan fingerprint density at radius 3 is 2.65 bits per heavy atom. The predicted octanol–water partition coefficient (Wildman–Crippen LogP) is 2.29. The van der Waals surface area contributed by atoms with Gasteiger partial charge < -0.3 is 16.0 Å². The molecule has 1 aliphatic heterocycles. The van der Waals surface area contributed by atoms with Crippen LogP contribution in [-0.4, -0.2) is 19.6 Å². The average molecular weight is 296 g/mol. The van der Waals surface area contributed by atoms with Crippen LogP contribution in [0.2, 0.25) is 0 Å². The van der Waals surface area contributed by atoms with Gasteiger partial charge in [0, 0.05) is 35.7 Å². The molecule has 0 radical (unpaired) electrons. The highest BCUT2D eigenvalue weighted by molar-refractivity contribution is 9.10. The van der Waals surface area contributed by atoms with Crippen molar-refractivity contribution < 1.29 is 0 Å². The number of nitrogens with one attached hydrogen (secondary N) is 1. The summed E-state index contributed by atoms with van der Waals surface area (Å²) in [6.45, 7) is 5.13. The molecule has 0 fully saturated rings. The van der Waals surface area contributed by atoms with Crippen molar-refractivity contribution in [3.05, 3.63) is 40.6 Å². The molecule has 0 saturated heterocycles. The van der Waals surface area contributed by atoms with E-state index in [0.29, 0.717) is 5.92 Å². The molecule has 1 aromatic carbocycles. The molecule has 1 aliphatic rings. The number of hydrogen-bond donors (Lipinski definition) is 2. The molecule has 1 aromatic rings. The van der Waals surface area contributed by atoms with E-state index >= 15 is 0 Å². The number of hydrogen-bond acceptors (Lipinski definition) is 3. The number of rotatable bonds is 4. The van der Waals surface area contributed by atoms with Crippen LogP contribution >= 0.6 is 15.9 Å². The second kappa shape index (κ2) is 5.45. The molecule has 92 valence electrons. The van der Waals surface area contributed by atoms with Gasteiger partial charge in [-0.1, -0.05) is 15.9 Å². The molecule has 0 amide bonds. The molecule has 0 spiro atoms. The highest BCUT2D eigenvalue weighted by atomic mass is 79.9. The quantitative estimate of drug-likeness (QED) is 0.896. The van der Waals surface area contributed by atoms with Crippen molar-refractivity contribution in [1.82, 2.24) is 5.32 Å². The summed E-state index contributed by atoms with van der Waals surface area (Å²) in [5.74, 6) is 1.31. The molecular weight excluding hydrogens is 278 g/mol. The Labute approximate surface area is 111 Å². The topological polar surface area (TPSA) is 41.3 Å². The number of nitrogens with two attached hydrogens (primary N) is 1. The monoisotopic (exact) mass is 295 g/mol. The van der Waals surface area contributed by atoms with E-state index < -0.39 is 0 Å². The Balaban J connectivity index is 2.04. The Morgan fingerprint density at radius 1 is 1.41 bits per heavy atom. The van der Waals surface area contributed by atoms with Crippen LogP contribution in [0.25, 0.3) is 0 Å². The first-order chi connectivity index (χ1) is 8.19. The van der Waals surface area contributed by atoms with Gasteiger partial charge in [0.1, 0.15) is 0 Å². The summed E-state index contributed by atoms with van der Waals surface area (Å²) in [5, 5.41) is 3.16. The fourth-order valence-electron chi connectivity index (χ4n) is 2.09. The van der Waals surface area contributed by atoms with Gasteiger partial charge in [0.25, 0.3) is 0 Å². The van der Waals surface area contributed by atoms with E-state index in [0.717, 1.165) is 29.9 Å². The van der Waals surface area contributed by atoms with Gasteiger partial charge in [-0.15, -0.1) is 0 Å². The Morgan fingerprint density at radius 2 is 2.12 bits per heavy atom. The fraction of sp³-hybridized carbons (Fsp3) is 0.385. The van der Waals surface area contributed by atoms with Crippen LogP contribution in [0.15, 0.2) is 40.6 Å². The SMILES string of the molecule is CCN(C[C@H]1C=C(N)NC1)c1ccc(Br)cc1. The van der Waals surface area contributed by atoms with Crippen molar-refractivity contribution in [3.8, 4) is 0 Å². The van der Waals surface area contributed by atoms with Crippen LogP contribution in [0.4, 0.5) is 5.69 Å². The summed E-state index contributed by atoms with van der Waals surface area (Å²) >= 11 is 3.46. The lowest BCUT2D eigenvalue weighted by Crippen LogP contribution is -2.30. The highest BCUT2D eigenvalue weighted by Crippen LogP contribution is 2.20. The number of benzene rings is 1. The number of anilines is 1. The van der Waals surface area contributed by atoms with E-state index in [4.69, 9.17) is 5.73 Å². The maximum absolute atomic E-state index is 5.73. The average Bonchev–Trinajstić information content (AvgIpc) is 2.73. The zero-order valence-electron chi connectivity index (χ0n) is 9.99. The third-order valence-corrected chi connectivity index (χ3v) is 3.54. The number of halogens is 1. The summed E-state index contributed by atoms with van der Waals surface area (Å²) < 4.78 is 1.11. The molecule has 2 rings (SSSR count). The van der Waals surface area contributed by atoms with E-state index in [1.165, 1.54) is 5.69 Å². The van der Waals surface area contributed by atoms with Crippen molar-refractivity contribution in [2.75, 3.05) is 24.5 Å². The van der Waals surface area contributed by atoms with Gasteiger partial charge in [-0.2, -0.15) is 0 Å². The summed E-state index contributed by atoms with van der Waals surface area (Å²) in [4.78, 5) is 2.37. The Bertz CT molecular complexity index is 400. The standard InChI is InChI=1S/C13H18BrN3/c1-2-17(9-10-7-13(15)16-8-10)12-5-3-11(14)4-6-12/h3-7,10,16H,2,8-9,15H2,1H3/t10-/m0/s1. The molecule has 0 bridgehead atoms. The molecule has 17 heavy (non-hydrogen) atoms. The zero-order valence-corrected chi connectivity index (χ0v) is 11.6. The van der Waals surface area contributed by atoms with E-state index in [1.54, 1.807) is 0 Å². The summed E-state index contributed by atoms with van der Waals surface area (Å²) in [7, 11) is 0. The van der Waals surface area contributed by atoms with Crippen molar-refractivity contribution in [2.45, 2.75) is 6.92 Å². The minimum Gasteiger partial charge on any atom is -0.386 e. The molecule has 3 N–H and O–H groups in total. The summed E-state index contributed by atoms with van der Waals surface area (Å²) in [5.41, 5.74) is 6.98. The van der Waals surface area contributed by atoms with Crippen LogP contribution in [0.3, 0.4) is 0 Å². The molecule has 1 heterocycles. The van der Waals surface area contributed by atoms with Gasteiger partial charge in [-0.3, -0.25) is 0 Å². The molecular formula is C13H18BrN3. The third kappa shape index (κ3) is 3.16. The second-order valence-electron chi connectivity index (χ2n) is 4.28.